The fourth-order valence-corrected chi connectivity index (χ4v) is 6.04. The number of aromatic nitrogens is 2. The van der Waals surface area contributed by atoms with Crippen molar-refractivity contribution in [3.05, 3.63) is 29.0 Å². The third-order valence-corrected chi connectivity index (χ3v) is 7.92. The molecule has 9 heteroatoms. The van der Waals surface area contributed by atoms with Crippen LogP contribution in [0.15, 0.2) is 12.1 Å². The molecule has 2 bridgehead atoms. The number of rotatable bonds is 3. The minimum atomic E-state index is -0.446. The van der Waals surface area contributed by atoms with Crippen LogP contribution in [0.5, 0.6) is 0 Å². The lowest BCUT2D eigenvalue weighted by atomic mass is 9.97. The lowest BCUT2D eigenvalue weighted by Gasteiger charge is -2.26. The van der Waals surface area contributed by atoms with Crippen LogP contribution in [0.4, 0.5) is 0 Å². The Hall–Kier alpha value is -3.07. The first kappa shape index (κ1) is 24.6. The number of ketones is 2. The highest BCUT2D eigenvalue weighted by atomic mass is 16.5. The molecular weight excluding hydrogens is 460 g/mol. The number of carbonyl (C=O) groups is 4. The Balaban J connectivity index is 1.57. The van der Waals surface area contributed by atoms with Crippen molar-refractivity contribution in [3.8, 4) is 0 Å². The molecule has 3 heterocycles. The number of carbonyl (C=O) groups excluding carboxylic acids is 4. The number of nitrogens with one attached hydrogen (secondary N) is 1. The van der Waals surface area contributed by atoms with Gasteiger partial charge < -0.3 is 15.0 Å². The molecule has 1 saturated carbocycles. The van der Waals surface area contributed by atoms with Crippen molar-refractivity contribution in [2.24, 2.45) is 5.41 Å². The van der Waals surface area contributed by atoms with E-state index in [0.717, 1.165) is 30.4 Å². The van der Waals surface area contributed by atoms with Crippen LogP contribution in [0.2, 0.25) is 0 Å². The molecule has 3 atom stereocenters. The van der Waals surface area contributed by atoms with Gasteiger partial charge >= 0.3 is 0 Å². The molecule has 2 fully saturated rings. The van der Waals surface area contributed by atoms with Gasteiger partial charge in [0, 0.05) is 49.8 Å². The zero-order valence-corrected chi connectivity index (χ0v) is 21.3. The Kier molecular flexibility index (Phi) is 6.44. The molecule has 0 spiro atoms. The fraction of sp³-hybridized carbons (Fsp3) is 0.593. The highest BCUT2D eigenvalue weighted by Crippen LogP contribution is 2.60. The van der Waals surface area contributed by atoms with Crippen LogP contribution in [-0.2, 0) is 32.2 Å². The van der Waals surface area contributed by atoms with Gasteiger partial charge in [0.25, 0.3) is 0 Å². The second-order valence-electron chi connectivity index (χ2n) is 10.6. The van der Waals surface area contributed by atoms with Gasteiger partial charge in [-0.1, -0.05) is 13.0 Å². The molecule has 3 aliphatic rings. The first-order chi connectivity index (χ1) is 17.2. The first-order valence-corrected chi connectivity index (χ1v) is 12.9. The van der Waals surface area contributed by atoms with Crippen LogP contribution >= 0.6 is 0 Å². The fourth-order valence-electron chi connectivity index (χ4n) is 6.04. The predicted octanol–water partition coefficient (Wildman–Crippen LogP) is 2.70. The molecule has 1 aromatic carbocycles. The second kappa shape index (κ2) is 9.42. The van der Waals surface area contributed by atoms with Gasteiger partial charge in [-0.2, -0.15) is 5.10 Å². The van der Waals surface area contributed by atoms with Gasteiger partial charge in [0.1, 0.15) is 12.2 Å². The summed E-state index contributed by atoms with van der Waals surface area (Å²) in [7, 11) is 0. The predicted molar refractivity (Wildman–Crippen MR) is 132 cm³/mol. The Labute approximate surface area is 210 Å². The van der Waals surface area contributed by atoms with Crippen molar-refractivity contribution in [1.82, 2.24) is 20.0 Å². The Bertz CT molecular complexity index is 1250. The molecule has 2 aliphatic heterocycles. The number of hydrogen-bond donors (Lipinski definition) is 1. The molecule has 9 nitrogen and oxygen atoms in total. The Morgan fingerprint density at radius 1 is 1.22 bits per heavy atom. The SMILES string of the molecule is CCC(=O)[C@@H]1C[C@]23COCCCCC(=O)NCc4cc(C)cc5c(C(C)=O)nn(c45)CC(=O)N1[C@@H]2C3. The summed E-state index contributed by atoms with van der Waals surface area (Å²) in [5, 5.41) is 8.21. The molecule has 1 saturated heterocycles. The standard InChI is InChI=1S/C27H34N4O5/c1-4-21(33)20-11-27-12-22(27)31(20)24(35)14-30-26-18(13-28-23(34)7-5-6-8-36-15-27)9-16(2)10-19(26)25(29-30)17(3)32/h9-10,20,22H,4-8,11-15H2,1-3H3,(H,28,34)/t20-,22+,27-/m0/s1. The van der Waals surface area contributed by atoms with Gasteiger partial charge in [0.05, 0.1) is 18.2 Å². The Morgan fingerprint density at radius 3 is 2.78 bits per heavy atom. The number of hydrogen-bond acceptors (Lipinski definition) is 6. The summed E-state index contributed by atoms with van der Waals surface area (Å²) in [6, 6.07) is 3.40. The van der Waals surface area contributed by atoms with Gasteiger partial charge in [-0.05, 0) is 49.8 Å². The normalized spacial score (nSPS) is 26.9. The summed E-state index contributed by atoms with van der Waals surface area (Å²) in [6.07, 6.45) is 3.74. The molecule has 2 aromatic rings. The number of amides is 2. The monoisotopic (exact) mass is 494 g/mol. The second-order valence-corrected chi connectivity index (χ2v) is 10.6. The molecule has 5 rings (SSSR count). The number of Topliss-reactive ketones (excluding diaryl/α,β-unsaturated/α-hetero) is 2. The topological polar surface area (TPSA) is 111 Å². The van der Waals surface area contributed by atoms with E-state index in [9.17, 15) is 19.2 Å². The minimum absolute atomic E-state index is 0.0137. The zero-order valence-electron chi connectivity index (χ0n) is 21.3. The summed E-state index contributed by atoms with van der Waals surface area (Å²) in [6.45, 7) is 6.51. The molecule has 0 unspecified atom stereocenters. The van der Waals surface area contributed by atoms with Gasteiger partial charge in [-0.25, -0.2) is 0 Å². The van der Waals surface area contributed by atoms with E-state index >= 15 is 0 Å². The minimum Gasteiger partial charge on any atom is -0.381 e. The van der Waals surface area contributed by atoms with Gasteiger partial charge in [-0.15, -0.1) is 0 Å². The van der Waals surface area contributed by atoms with E-state index in [0.29, 0.717) is 49.1 Å². The smallest absolute Gasteiger partial charge is 0.245 e. The average molecular weight is 495 g/mol. The molecule has 2 amide bonds. The molecule has 192 valence electrons. The zero-order chi connectivity index (χ0) is 25.6. The highest BCUT2D eigenvalue weighted by Gasteiger charge is 2.66. The van der Waals surface area contributed by atoms with Crippen LogP contribution in [0.25, 0.3) is 10.9 Å². The van der Waals surface area contributed by atoms with E-state index in [2.05, 4.69) is 10.4 Å². The summed E-state index contributed by atoms with van der Waals surface area (Å²) < 4.78 is 7.55. The lowest BCUT2D eigenvalue weighted by molar-refractivity contribution is -0.139. The van der Waals surface area contributed by atoms with E-state index < -0.39 is 6.04 Å². The summed E-state index contributed by atoms with van der Waals surface area (Å²) >= 11 is 0. The van der Waals surface area contributed by atoms with E-state index in [1.165, 1.54) is 6.92 Å². The van der Waals surface area contributed by atoms with Crippen molar-refractivity contribution >= 4 is 34.3 Å². The third-order valence-electron chi connectivity index (χ3n) is 7.92. The van der Waals surface area contributed by atoms with Crippen LogP contribution in [0, 0.1) is 12.3 Å². The van der Waals surface area contributed by atoms with E-state index in [-0.39, 0.29) is 47.9 Å². The van der Waals surface area contributed by atoms with Gasteiger partial charge in [0.2, 0.25) is 11.8 Å². The summed E-state index contributed by atoms with van der Waals surface area (Å²) in [5.41, 5.74) is 2.56. The average Bonchev–Trinajstić information content (AvgIpc) is 3.25. The molecule has 0 radical (unpaired) electrons. The van der Waals surface area contributed by atoms with Crippen molar-refractivity contribution in [1.29, 1.82) is 0 Å². The largest absolute Gasteiger partial charge is 0.381 e. The maximum absolute atomic E-state index is 13.7. The number of benzene rings is 1. The van der Waals surface area contributed by atoms with Crippen molar-refractivity contribution < 1.29 is 23.9 Å². The van der Waals surface area contributed by atoms with E-state index in [4.69, 9.17) is 4.74 Å². The number of piperidine rings is 1. The number of aryl methyl sites for hydroxylation is 1. The van der Waals surface area contributed by atoms with Gasteiger partial charge in [0.15, 0.2) is 11.6 Å². The molecule has 1 N–H and O–H groups in total. The maximum Gasteiger partial charge on any atom is 0.245 e. The van der Waals surface area contributed by atoms with E-state index in [1.807, 2.05) is 26.0 Å². The summed E-state index contributed by atoms with van der Waals surface area (Å²) in [4.78, 5) is 53.3. The third kappa shape index (κ3) is 4.34. The molecule has 36 heavy (non-hydrogen) atoms. The molecule has 1 aliphatic carbocycles. The summed E-state index contributed by atoms with van der Waals surface area (Å²) in [5.74, 6) is -0.342. The molecular formula is C27H34N4O5. The highest BCUT2D eigenvalue weighted by molar-refractivity contribution is 6.06. The van der Waals surface area contributed by atoms with Crippen molar-refractivity contribution in [3.63, 3.8) is 0 Å². The molecule has 1 aromatic heterocycles. The number of nitrogens with zero attached hydrogens (tertiary/aromatic N) is 3. The van der Waals surface area contributed by atoms with Crippen LogP contribution in [-0.4, -0.2) is 63.4 Å². The van der Waals surface area contributed by atoms with Crippen LogP contribution < -0.4 is 5.32 Å². The van der Waals surface area contributed by atoms with Crippen LogP contribution in [0.1, 0.15) is 74.0 Å². The quantitative estimate of drug-likeness (QED) is 0.657. The van der Waals surface area contributed by atoms with Gasteiger partial charge in [-0.3, -0.25) is 23.9 Å². The van der Waals surface area contributed by atoms with Crippen LogP contribution in [0.3, 0.4) is 0 Å². The van der Waals surface area contributed by atoms with Crippen molar-refractivity contribution in [2.45, 2.75) is 84.5 Å². The first-order valence-electron chi connectivity index (χ1n) is 12.9. The van der Waals surface area contributed by atoms with E-state index in [1.54, 1.807) is 9.58 Å². The Morgan fingerprint density at radius 2 is 2.03 bits per heavy atom. The maximum atomic E-state index is 13.7. The number of ether oxygens (including phenoxy) is 1. The van der Waals surface area contributed by atoms with Crippen molar-refractivity contribution in [2.75, 3.05) is 13.2 Å². The lowest BCUT2D eigenvalue weighted by Crippen LogP contribution is -2.44.